The van der Waals surface area contributed by atoms with Crippen LogP contribution in [0.25, 0.3) is 0 Å². The fourth-order valence-corrected chi connectivity index (χ4v) is 4.77. The average Bonchev–Trinajstić information content (AvgIpc) is 3.38. The Balaban J connectivity index is 1.82. The zero-order chi connectivity index (χ0) is 17.9. The Labute approximate surface area is 151 Å². The van der Waals surface area contributed by atoms with Crippen molar-refractivity contribution in [3.8, 4) is 0 Å². The van der Waals surface area contributed by atoms with Crippen molar-refractivity contribution >= 4 is 10.0 Å². The zero-order valence-electron chi connectivity index (χ0n) is 15.0. The van der Waals surface area contributed by atoms with Crippen LogP contribution < -0.4 is 4.72 Å². The van der Waals surface area contributed by atoms with Crippen molar-refractivity contribution in [3.05, 3.63) is 65.7 Å². The summed E-state index contributed by atoms with van der Waals surface area (Å²) in [7, 11) is -3.52. The largest absolute Gasteiger partial charge is 0.241 e. The lowest BCUT2D eigenvalue weighted by molar-refractivity contribution is 0.491. The van der Waals surface area contributed by atoms with E-state index >= 15 is 0 Å². The summed E-state index contributed by atoms with van der Waals surface area (Å²) in [6.45, 7) is 4.16. The number of rotatable bonds is 8. The summed E-state index contributed by atoms with van der Waals surface area (Å²) in [5, 5.41) is 0. The first kappa shape index (κ1) is 18.2. The summed E-state index contributed by atoms with van der Waals surface area (Å²) in [5.41, 5.74) is 2.11. The van der Waals surface area contributed by atoms with E-state index in [1.807, 2.05) is 49.4 Å². The molecule has 1 aliphatic carbocycles. The molecule has 134 valence electrons. The van der Waals surface area contributed by atoms with Crippen molar-refractivity contribution in [3.63, 3.8) is 0 Å². The summed E-state index contributed by atoms with van der Waals surface area (Å²) in [5.74, 6) is 1.03. The van der Waals surface area contributed by atoms with E-state index in [4.69, 9.17) is 0 Å². The SMILES string of the molecule is CCCC[C@@H]1C[C@@H]1[C@@H](NS(=O)(=O)c1ccc(C)cc1)c1ccccc1. The second-order valence-electron chi connectivity index (χ2n) is 7.12. The molecule has 0 bridgehead atoms. The minimum absolute atomic E-state index is 0.144. The molecule has 1 N–H and O–H groups in total. The first-order valence-electron chi connectivity index (χ1n) is 9.15. The molecule has 0 heterocycles. The molecule has 1 fully saturated rings. The van der Waals surface area contributed by atoms with E-state index in [9.17, 15) is 8.42 Å². The van der Waals surface area contributed by atoms with Gasteiger partial charge in [-0.3, -0.25) is 0 Å². The molecule has 0 spiro atoms. The van der Waals surface area contributed by atoms with Crippen molar-refractivity contribution < 1.29 is 8.42 Å². The molecule has 0 aliphatic heterocycles. The number of unbranched alkanes of at least 4 members (excludes halogenated alkanes) is 1. The molecule has 0 amide bonds. The van der Waals surface area contributed by atoms with Crippen LogP contribution in [-0.2, 0) is 10.0 Å². The summed E-state index contributed by atoms with van der Waals surface area (Å²) >= 11 is 0. The molecule has 1 aliphatic rings. The Morgan fingerprint density at radius 1 is 1.08 bits per heavy atom. The van der Waals surface area contributed by atoms with E-state index in [0.717, 1.165) is 17.5 Å². The van der Waals surface area contributed by atoms with Crippen molar-refractivity contribution in [1.82, 2.24) is 4.72 Å². The quantitative estimate of drug-likeness (QED) is 0.735. The van der Waals surface area contributed by atoms with Crippen LogP contribution in [0.5, 0.6) is 0 Å². The molecular weight excluding hydrogens is 330 g/mol. The van der Waals surface area contributed by atoms with E-state index in [-0.39, 0.29) is 6.04 Å². The van der Waals surface area contributed by atoms with Crippen LogP contribution in [-0.4, -0.2) is 8.42 Å². The summed E-state index contributed by atoms with van der Waals surface area (Å²) in [6, 6.07) is 16.9. The number of hydrogen-bond acceptors (Lipinski definition) is 2. The topological polar surface area (TPSA) is 46.2 Å². The highest BCUT2D eigenvalue weighted by molar-refractivity contribution is 7.89. The number of sulfonamides is 1. The van der Waals surface area contributed by atoms with Crippen molar-refractivity contribution in [2.45, 2.75) is 50.5 Å². The Hall–Kier alpha value is -1.65. The molecule has 0 radical (unpaired) electrons. The molecule has 25 heavy (non-hydrogen) atoms. The highest BCUT2D eigenvalue weighted by atomic mass is 32.2. The molecule has 0 aromatic heterocycles. The van der Waals surface area contributed by atoms with Gasteiger partial charge in [0, 0.05) is 0 Å². The van der Waals surface area contributed by atoms with Gasteiger partial charge in [-0.05, 0) is 42.9 Å². The molecule has 0 unspecified atom stereocenters. The van der Waals surface area contributed by atoms with E-state index in [0.29, 0.717) is 16.7 Å². The fraction of sp³-hybridized carbons (Fsp3) is 0.429. The molecule has 3 nitrogen and oxygen atoms in total. The zero-order valence-corrected chi connectivity index (χ0v) is 15.8. The van der Waals surface area contributed by atoms with Crippen LogP contribution in [0.3, 0.4) is 0 Å². The highest BCUT2D eigenvalue weighted by Crippen LogP contribution is 2.50. The first-order chi connectivity index (χ1) is 12.0. The maximum absolute atomic E-state index is 12.9. The van der Waals surface area contributed by atoms with Crippen molar-refractivity contribution in [2.75, 3.05) is 0 Å². The van der Waals surface area contributed by atoms with Crippen LogP contribution in [0.15, 0.2) is 59.5 Å². The van der Waals surface area contributed by atoms with Gasteiger partial charge in [-0.15, -0.1) is 0 Å². The van der Waals surface area contributed by atoms with Crippen molar-refractivity contribution in [1.29, 1.82) is 0 Å². The lowest BCUT2D eigenvalue weighted by atomic mass is 10.0. The second-order valence-corrected chi connectivity index (χ2v) is 8.84. The standard InChI is InChI=1S/C21H27NO2S/c1-3-4-8-18-15-20(18)21(17-9-6-5-7-10-17)22-25(23,24)19-13-11-16(2)12-14-19/h5-7,9-14,18,20-22H,3-4,8,15H2,1-2H3/t18-,20+,21+/m1/s1. The third-order valence-corrected chi connectivity index (χ3v) is 6.56. The van der Waals surface area contributed by atoms with Gasteiger partial charge in [0.15, 0.2) is 0 Å². The summed E-state index contributed by atoms with van der Waals surface area (Å²) in [6.07, 6.45) is 4.70. The molecule has 4 heteroatoms. The van der Waals surface area contributed by atoms with Crippen LogP contribution in [0.1, 0.15) is 49.8 Å². The van der Waals surface area contributed by atoms with Gasteiger partial charge in [-0.25, -0.2) is 13.1 Å². The minimum Gasteiger partial charge on any atom is -0.207 e. The predicted molar refractivity (Wildman–Crippen MR) is 102 cm³/mol. The smallest absolute Gasteiger partial charge is 0.207 e. The lowest BCUT2D eigenvalue weighted by Gasteiger charge is -2.20. The molecule has 3 atom stereocenters. The molecule has 2 aromatic carbocycles. The van der Waals surface area contributed by atoms with Crippen LogP contribution in [0.2, 0.25) is 0 Å². The van der Waals surface area contributed by atoms with Crippen LogP contribution in [0.4, 0.5) is 0 Å². The maximum Gasteiger partial charge on any atom is 0.241 e. The number of nitrogens with one attached hydrogen (secondary N) is 1. The second kappa shape index (κ2) is 7.71. The number of aryl methyl sites for hydroxylation is 1. The number of hydrogen-bond donors (Lipinski definition) is 1. The van der Waals surface area contributed by atoms with Gasteiger partial charge in [0.25, 0.3) is 0 Å². The third-order valence-electron chi connectivity index (χ3n) is 5.11. The lowest BCUT2D eigenvalue weighted by Crippen LogP contribution is -2.30. The van der Waals surface area contributed by atoms with Gasteiger partial charge in [0.05, 0.1) is 10.9 Å². The van der Waals surface area contributed by atoms with E-state index in [1.54, 1.807) is 12.1 Å². The summed E-state index contributed by atoms with van der Waals surface area (Å²) in [4.78, 5) is 0.338. The van der Waals surface area contributed by atoms with Crippen LogP contribution in [0, 0.1) is 18.8 Å². The fourth-order valence-electron chi connectivity index (χ4n) is 3.49. The highest BCUT2D eigenvalue weighted by Gasteiger charge is 2.44. The maximum atomic E-state index is 12.9. The van der Waals surface area contributed by atoms with Gasteiger partial charge in [-0.1, -0.05) is 74.2 Å². The van der Waals surface area contributed by atoms with Crippen molar-refractivity contribution in [2.24, 2.45) is 11.8 Å². The average molecular weight is 358 g/mol. The van der Waals surface area contributed by atoms with Gasteiger partial charge >= 0.3 is 0 Å². The Bertz CT molecular complexity index is 784. The third kappa shape index (κ3) is 4.50. The molecule has 3 rings (SSSR count). The van der Waals surface area contributed by atoms with Gasteiger partial charge in [0.1, 0.15) is 0 Å². The molecule has 2 aromatic rings. The first-order valence-corrected chi connectivity index (χ1v) is 10.6. The number of benzene rings is 2. The molecule has 1 saturated carbocycles. The van der Waals surface area contributed by atoms with Gasteiger partial charge < -0.3 is 0 Å². The minimum atomic E-state index is -3.52. The van der Waals surface area contributed by atoms with Gasteiger partial charge in [-0.2, -0.15) is 0 Å². The monoisotopic (exact) mass is 357 g/mol. The van der Waals surface area contributed by atoms with E-state index in [2.05, 4.69) is 11.6 Å². The normalized spacial score (nSPS) is 21.0. The van der Waals surface area contributed by atoms with Crippen LogP contribution >= 0.6 is 0 Å². The van der Waals surface area contributed by atoms with Gasteiger partial charge in [0.2, 0.25) is 10.0 Å². The predicted octanol–water partition coefficient (Wildman–Crippen LogP) is 4.84. The Morgan fingerprint density at radius 3 is 2.40 bits per heavy atom. The van der Waals surface area contributed by atoms with E-state index in [1.165, 1.54) is 19.3 Å². The molecule has 0 saturated heterocycles. The molecular formula is C21H27NO2S. The van der Waals surface area contributed by atoms with E-state index < -0.39 is 10.0 Å². The summed E-state index contributed by atoms with van der Waals surface area (Å²) < 4.78 is 28.7. The Kier molecular flexibility index (Phi) is 5.60. The Morgan fingerprint density at radius 2 is 1.76 bits per heavy atom.